The number of anilines is 1. The summed E-state index contributed by atoms with van der Waals surface area (Å²) in [4.78, 5) is 39.7. The zero-order valence-electron chi connectivity index (χ0n) is 29.3. The van der Waals surface area contributed by atoms with Gasteiger partial charge in [-0.3, -0.25) is 9.59 Å². The average molecular weight is 614 g/mol. The first-order chi connectivity index (χ1) is 20.7. The number of nitrogens with one attached hydrogen (secondary N) is 2. The van der Waals surface area contributed by atoms with Crippen molar-refractivity contribution in [3.05, 3.63) is 53.6 Å². The number of fused-ring (bicyclic) bond motifs is 1. The number of para-hydroxylation sites is 1. The minimum atomic E-state index is -0.708. The van der Waals surface area contributed by atoms with Crippen LogP contribution in [0.3, 0.4) is 0 Å². The number of urea groups is 1. The van der Waals surface area contributed by atoms with E-state index < -0.39 is 10.8 Å². The Morgan fingerprint density at radius 2 is 1.69 bits per heavy atom. The number of ketones is 2. The van der Waals surface area contributed by atoms with Crippen LogP contribution in [0.1, 0.15) is 114 Å². The Bertz CT molecular complexity index is 1450. The molecule has 2 saturated carbocycles. The molecule has 0 bridgehead atoms. The number of hydrogen-bond acceptors (Lipinski definition) is 4. The van der Waals surface area contributed by atoms with Gasteiger partial charge in [-0.25, -0.2) is 4.79 Å². The monoisotopic (exact) mass is 613 g/mol. The Morgan fingerprint density at radius 3 is 2.27 bits per heavy atom. The van der Waals surface area contributed by atoms with Gasteiger partial charge in [0.15, 0.2) is 11.6 Å². The van der Waals surface area contributed by atoms with Crippen molar-refractivity contribution in [2.45, 2.75) is 120 Å². The lowest BCUT2D eigenvalue weighted by Crippen LogP contribution is -2.59. The zero-order valence-corrected chi connectivity index (χ0v) is 29.3. The van der Waals surface area contributed by atoms with E-state index in [9.17, 15) is 19.6 Å². The van der Waals surface area contributed by atoms with Crippen LogP contribution in [0, 0.1) is 50.2 Å². The highest BCUT2D eigenvalue weighted by Crippen LogP contribution is 2.67. The van der Waals surface area contributed by atoms with Gasteiger partial charge < -0.3 is 10.6 Å². The fraction of sp³-hybridized carbons (Fsp3) is 0.641. The fourth-order valence-corrected chi connectivity index (χ4v) is 9.39. The number of carbonyl (C=O) groups is 3. The summed E-state index contributed by atoms with van der Waals surface area (Å²) >= 11 is 0. The molecule has 2 amide bonds. The molecule has 3 aliphatic rings. The quantitative estimate of drug-likeness (QED) is 0.300. The molecular weight excluding hydrogens is 558 g/mol. The summed E-state index contributed by atoms with van der Waals surface area (Å²) in [6.07, 6.45) is 9.94. The molecule has 244 valence electrons. The zero-order chi connectivity index (χ0) is 33.6. The van der Waals surface area contributed by atoms with Gasteiger partial charge in [0.1, 0.15) is 6.07 Å². The number of nitrogens with zero attached hydrogens (tertiary/aromatic N) is 1. The predicted octanol–water partition coefficient (Wildman–Crippen LogP) is 9.20. The summed E-state index contributed by atoms with van der Waals surface area (Å²) in [5.74, 6) is 0.139. The van der Waals surface area contributed by atoms with E-state index in [1.807, 2.05) is 50.3 Å². The van der Waals surface area contributed by atoms with Gasteiger partial charge in [0.25, 0.3) is 0 Å². The third-order valence-corrected chi connectivity index (χ3v) is 12.6. The van der Waals surface area contributed by atoms with Gasteiger partial charge in [0, 0.05) is 22.1 Å². The van der Waals surface area contributed by atoms with Crippen LogP contribution in [0.15, 0.2) is 53.6 Å². The number of benzene rings is 1. The molecule has 0 aromatic heterocycles. The molecule has 0 saturated heterocycles. The largest absolute Gasteiger partial charge is 0.332 e. The van der Waals surface area contributed by atoms with Gasteiger partial charge in [0.2, 0.25) is 0 Å². The SMILES string of the molecule is CC(=O)/C=C1/[C@@]2(C)C=C(C#N)C(=O)C(C)(C)[C@@H]2CC[C@@]1(C)C(C)(C)CC[C@@]1(NC(=O)Nc2ccccc2)CCC(C)(C)CC1C. The molecule has 4 rings (SSSR count). The molecule has 1 unspecified atom stereocenters. The van der Waals surface area contributed by atoms with Crippen LogP contribution < -0.4 is 10.6 Å². The molecular formula is C39H55N3O3. The highest BCUT2D eigenvalue weighted by atomic mass is 16.2. The second-order valence-corrected chi connectivity index (χ2v) is 16.8. The van der Waals surface area contributed by atoms with Crippen molar-refractivity contribution >= 4 is 23.3 Å². The van der Waals surface area contributed by atoms with Crippen molar-refractivity contribution in [1.29, 1.82) is 5.26 Å². The lowest BCUT2D eigenvalue weighted by molar-refractivity contribution is -0.131. The van der Waals surface area contributed by atoms with Gasteiger partial charge in [-0.05, 0) is 98.2 Å². The van der Waals surface area contributed by atoms with Gasteiger partial charge >= 0.3 is 6.03 Å². The molecule has 45 heavy (non-hydrogen) atoms. The van der Waals surface area contributed by atoms with E-state index in [4.69, 9.17) is 0 Å². The van der Waals surface area contributed by atoms with Crippen LogP contribution >= 0.6 is 0 Å². The summed E-state index contributed by atoms with van der Waals surface area (Å²) < 4.78 is 0. The minimum Gasteiger partial charge on any atom is -0.332 e. The van der Waals surface area contributed by atoms with Crippen molar-refractivity contribution < 1.29 is 14.4 Å². The van der Waals surface area contributed by atoms with E-state index in [0.717, 1.165) is 56.2 Å². The molecule has 3 aliphatic carbocycles. The van der Waals surface area contributed by atoms with E-state index in [1.165, 1.54) is 0 Å². The first kappa shape index (κ1) is 34.7. The van der Waals surface area contributed by atoms with E-state index in [2.05, 4.69) is 65.2 Å². The third-order valence-electron chi connectivity index (χ3n) is 12.6. The Balaban J connectivity index is 1.70. The molecule has 2 fully saturated rings. The number of allylic oxidation sites excluding steroid dienone is 4. The molecule has 0 radical (unpaired) electrons. The summed E-state index contributed by atoms with van der Waals surface area (Å²) in [5.41, 5.74) is -0.117. The number of nitriles is 1. The van der Waals surface area contributed by atoms with Gasteiger partial charge in [-0.2, -0.15) is 5.26 Å². The van der Waals surface area contributed by atoms with Gasteiger partial charge in [-0.1, -0.05) is 92.2 Å². The second kappa shape index (κ2) is 11.9. The number of carbonyl (C=O) groups excluding carboxylic acids is 3. The van der Waals surface area contributed by atoms with Crippen LogP contribution in [-0.4, -0.2) is 23.1 Å². The van der Waals surface area contributed by atoms with Crippen molar-refractivity contribution in [3.63, 3.8) is 0 Å². The second-order valence-electron chi connectivity index (χ2n) is 16.8. The van der Waals surface area contributed by atoms with E-state index in [-0.39, 0.29) is 56.8 Å². The Labute approximate surface area is 271 Å². The highest BCUT2D eigenvalue weighted by Gasteiger charge is 2.61. The standard InChI is InChI=1S/C39H55N3O3/c1-26-23-34(3,4)18-20-39(26,42-33(45)41-29-14-12-11-13-15-29)21-19-35(5,6)38(10)17-16-30-36(7,8)32(44)28(25-40)24-37(30,9)31(38)22-27(2)43/h11-15,22,24,26,30H,16-21,23H2,1-10H3,(H2,41,42,45)/b31-22-/t26?,30-,37-,38+,39-/m0/s1. The predicted molar refractivity (Wildman–Crippen MR) is 181 cm³/mol. The van der Waals surface area contributed by atoms with Crippen LogP contribution in [-0.2, 0) is 9.59 Å². The maximum absolute atomic E-state index is 13.5. The van der Waals surface area contributed by atoms with E-state index in [1.54, 1.807) is 13.0 Å². The highest BCUT2D eigenvalue weighted by molar-refractivity contribution is 6.04. The third kappa shape index (κ3) is 6.29. The van der Waals surface area contributed by atoms with Crippen molar-refractivity contribution in [3.8, 4) is 6.07 Å². The molecule has 5 atom stereocenters. The molecule has 0 aliphatic heterocycles. The molecule has 6 heteroatoms. The molecule has 2 N–H and O–H groups in total. The summed E-state index contributed by atoms with van der Waals surface area (Å²) in [5, 5.41) is 16.5. The van der Waals surface area contributed by atoms with Crippen molar-refractivity contribution in [2.75, 3.05) is 5.32 Å². The lowest BCUT2D eigenvalue weighted by Gasteiger charge is -2.61. The number of hydrogen-bond donors (Lipinski definition) is 2. The topological polar surface area (TPSA) is 99.1 Å². The fourth-order valence-electron chi connectivity index (χ4n) is 9.39. The first-order valence-electron chi connectivity index (χ1n) is 16.8. The van der Waals surface area contributed by atoms with E-state index in [0.29, 0.717) is 0 Å². The van der Waals surface area contributed by atoms with Gasteiger partial charge in [0.05, 0.1) is 5.57 Å². The smallest absolute Gasteiger partial charge is 0.319 e. The maximum atomic E-state index is 13.5. The van der Waals surface area contributed by atoms with Crippen molar-refractivity contribution in [1.82, 2.24) is 5.32 Å². The van der Waals surface area contributed by atoms with Crippen molar-refractivity contribution in [2.24, 2.45) is 38.9 Å². The molecule has 1 aromatic rings. The molecule has 0 heterocycles. The summed E-state index contributed by atoms with van der Waals surface area (Å²) in [7, 11) is 0. The number of Topliss-reactive ketones (excluding diaryl/α,β-unsaturated/α-hetero) is 1. The minimum absolute atomic E-state index is 0.0145. The Morgan fingerprint density at radius 1 is 1.04 bits per heavy atom. The first-order valence-corrected chi connectivity index (χ1v) is 16.8. The molecule has 1 aromatic carbocycles. The van der Waals surface area contributed by atoms with Crippen LogP contribution in [0.4, 0.5) is 10.5 Å². The number of rotatable bonds is 7. The average Bonchev–Trinajstić information content (AvgIpc) is 2.94. The summed E-state index contributed by atoms with van der Waals surface area (Å²) in [6, 6.07) is 11.6. The maximum Gasteiger partial charge on any atom is 0.319 e. The van der Waals surface area contributed by atoms with Crippen LogP contribution in [0.2, 0.25) is 0 Å². The summed E-state index contributed by atoms with van der Waals surface area (Å²) in [6.45, 7) is 21.4. The Kier molecular flexibility index (Phi) is 9.14. The molecule has 6 nitrogen and oxygen atoms in total. The normalized spacial score (nSPS) is 33.4. The van der Waals surface area contributed by atoms with Crippen LogP contribution in [0.25, 0.3) is 0 Å². The lowest BCUT2D eigenvalue weighted by atomic mass is 9.42. The molecule has 0 spiro atoms. The van der Waals surface area contributed by atoms with Gasteiger partial charge in [-0.15, -0.1) is 0 Å². The Hall–Kier alpha value is -3.20. The number of amides is 2. The van der Waals surface area contributed by atoms with Crippen LogP contribution in [0.5, 0.6) is 0 Å². The van der Waals surface area contributed by atoms with E-state index >= 15 is 0 Å².